The van der Waals surface area contributed by atoms with E-state index in [1.807, 2.05) is 62.3 Å². The zero-order chi connectivity index (χ0) is 50.7. The molecule has 2 unspecified atom stereocenters. The molecule has 0 heterocycles. The second-order valence-corrected chi connectivity index (χ2v) is 25.3. The lowest BCUT2D eigenvalue weighted by atomic mass is 9.47. The number of alkyl carbamates (subject to hydrolysis) is 2. The van der Waals surface area contributed by atoms with E-state index in [-0.39, 0.29) is 24.0 Å². The molecule has 4 rings (SSSR count). The molecule has 4 aliphatic rings. The predicted octanol–water partition coefficient (Wildman–Crippen LogP) is 12.7. The lowest BCUT2D eigenvalue weighted by Crippen LogP contribution is -2.51. The number of ether oxygens (including phenoxy) is 4. The summed E-state index contributed by atoms with van der Waals surface area (Å²) >= 11 is 0. The van der Waals surface area contributed by atoms with Gasteiger partial charge in [-0.25, -0.2) is 14.4 Å². The van der Waals surface area contributed by atoms with Crippen LogP contribution in [0.4, 0.5) is 14.4 Å². The highest BCUT2D eigenvalue weighted by Crippen LogP contribution is 2.67. The summed E-state index contributed by atoms with van der Waals surface area (Å²) in [7, 11) is 0. The Labute approximate surface area is 414 Å². The predicted molar refractivity (Wildman–Crippen MR) is 273 cm³/mol. The third-order valence-electron chi connectivity index (χ3n) is 16.3. The van der Waals surface area contributed by atoms with Gasteiger partial charge in [-0.2, -0.15) is 0 Å². The highest BCUT2D eigenvalue weighted by atomic mass is 16.6. The van der Waals surface area contributed by atoms with Crippen LogP contribution in [0.15, 0.2) is 11.6 Å². The fraction of sp³-hybridized carbons (Fsp3) is 0.893. The smallest absolute Gasteiger partial charge is 0.410 e. The molecular formula is C56H100N4O8. The van der Waals surface area contributed by atoms with E-state index in [0.29, 0.717) is 69.9 Å². The van der Waals surface area contributed by atoms with Crippen molar-refractivity contribution in [3.05, 3.63) is 11.6 Å². The largest absolute Gasteiger partial charge is 0.461 e. The molecule has 392 valence electrons. The van der Waals surface area contributed by atoms with Crippen molar-refractivity contribution in [2.45, 2.75) is 223 Å². The van der Waals surface area contributed by atoms with Gasteiger partial charge in [-0.1, -0.05) is 66.0 Å². The maximum absolute atomic E-state index is 13.8. The molecule has 3 saturated carbocycles. The number of fused-ring (bicyclic) bond motifs is 5. The Bertz CT molecular complexity index is 1660. The van der Waals surface area contributed by atoms with Crippen LogP contribution in [-0.4, -0.2) is 103 Å². The van der Waals surface area contributed by atoms with E-state index in [9.17, 15) is 19.2 Å². The van der Waals surface area contributed by atoms with Gasteiger partial charge < -0.3 is 34.5 Å². The van der Waals surface area contributed by atoms with Crippen LogP contribution >= 0.6 is 0 Å². The molecular weight excluding hydrogens is 857 g/mol. The summed E-state index contributed by atoms with van der Waals surface area (Å²) in [5, 5.41) is 5.63. The van der Waals surface area contributed by atoms with Crippen molar-refractivity contribution in [2.24, 2.45) is 52.3 Å². The normalized spacial score (nSPS) is 27.0. The Morgan fingerprint density at radius 2 is 1.29 bits per heavy atom. The van der Waals surface area contributed by atoms with E-state index in [4.69, 9.17) is 18.9 Å². The van der Waals surface area contributed by atoms with Crippen molar-refractivity contribution in [2.75, 3.05) is 45.8 Å². The fourth-order valence-corrected chi connectivity index (χ4v) is 12.9. The maximum Gasteiger partial charge on any atom is 0.410 e. The summed E-state index contributed by atoms with van der Waals surface area (Å²) in [6.45, 7) is 34.5. The standard InChI is InChI=1S/C56H100N4O8/c1-16-41(39(2)3)22-21-40(4)45-25-26-46-44-24-23-42-37-43(27-29-55(42,14)47(44)28-30-56(45,46)15)65-48(61)38-59(34-19-31-57-49(62)66-52(5,6)7)33-17-18-35-60(51(64)68-54(11,12)13)36-20-32-58-50(63)67-53(8,9)10/h23,39-41,43-47H,16-22,24-38H2,1-15H3,(H,57,62)(H,58,63)/t40?,41?,43-,44-,45+,46-,47-,55-,56+/m0/s1. The van der Waals surface area contributed by atoms with Gasteiger partial charge in [-0.3, -0.25) is 9.69 Å². The minimum absolute atomic E-state index is 0.121. The van der Waals surface area contributed by atoms with Crippen LogP contribution in [0.3, 0.4) is 0 Å². The minimum atomic E-state index is -0.650. The summed E-state index contributed by atoms with van der Waals surface area (Å²) in [5.41, 5.74) is 0.318. The maximum atomic E-state index is 13.8. The van der Waals surface area contributed by atoms with Gasteiger partial charge in [0.05, 0.1) is 6.54 Å². The van der Waals surface area contributed by atoms with E-state index in [0.717, 1.165) is 61.2 Å². The highest BCUT2D eigenvalue weighted by Gasteiger charge is 2.59. The SMILES string of the molecule is CCC(CCC(C)[C@H]1CC[C@H]2[C@@H]3CC=C4C[C@@H](OC(=O)CN(CCCCN(CCCNC(=O)OC(C)(C)C)C(=O)OC(C)(C)C)CCCNC(=O)OC(C)(C)C)CC[C@]4(C)[C@H]3CC[C@]12C)C(C)C. The summed E-state index contributed by atoms with van der Waals surface area (Å²) in [5.74, 6) is 5.31. The molecule has 0 bridgehead atoms. The number of hydrogen-bond donors (Lipinski definition) is 2. The van der Waals surface area contributed by atoms with E-state index >= 15 is 0 Å². The van der Waals surface area contributed by atoms with Crippen LogP contribution in [0.25, 0.3) is 0 Å². The molecule has 0 aromatic heterocycles. The minimum Gasteiger partial charge on any atom is -0.461 e. The zero-order valence-corrected chi connectivity index (χ0v) is 45.9. The van der Waals surface area contributed by atoms with Gasteiger partial charge in [-0.15, -0.1) is 0 Å². The highest BCUT2D eigenvalue weighted by molar-refractivity contribution is 5.72. The molecule has 0 radical (unpaired) electrons. The van der Waals surface area contributed by atoms with Crippen LogP contribution in [-0.2, 0) is 23.7 Å². The van der Waals surface area contributed by atoms with Gasteiger partial charge in [0.25, 0.3) is 0 Å². The van der Waals surface area contributed by atoms with Gasteiger partial charge in [0, 0.05) is 39.1 Å². The fourth-order valence-electron chi connectivity index (χ4n) is 12.9. The van der Waals surface area contributed by atoms with Crippen LogP contribution in [0.1, 0.15) is 200 Å². The molecule has 68 heavy (non-hydrogen) atoms. The third-order valence-corrected chi connectivity index (χ3v) is 16.3. The van der Waals surface area contributed by atoms with Crippen molar-refractivity contribution >= 4 is 24.2 Å². The number of nitrogens with zero attached hydrogens (tertiary/aromatic N) is 2. The van der Waals surface area contributed by atoms with Crippen molar-refractivity contribution < 1.29 is 38.1 Å². The molecule has 0 aromatic carbocycles. The lowest BCUT2D eigenvalue weighted by molar-refractivity contribution is -0.153. The second-order valence-electron chi connectivity index (χ2n) is 25.3. The Hall–Kier alpha value is -3.02. The molecule has 9 atom stereocenters. The quantitative estimate of drug-likeness (QED) is 0.0470. The van der Waals surface area contributed by atoms with Gasteiger partial charge in [0.2, 0.25) is 0 Å². The topological polar surface area (TPSA) is 136 Å². The Kier molecular flexibility index (Phi) is 21.1. The number of allylic oxidation sites excluding steroid dienone is 1. The van der Waals surface area contributed by atoms with Gasteiger partial charge in [-0.05, 0) is 198 Å². The van der Waals surface area contributed by atoms with Crippen molar-refractivity contribution in [1.82, 2.24) is 20.4 Å². The number of carbonyl (C=O) groups is 4. The van der Waals surface area contributed by atoms with E-state index in [1.165, 1.54) is 56.9 Å². The first-order chi connectivity index (χ1) is 31.6. The monoisotopic (exact) mass is 957 g/mol. The average molecular weight is 957 g/mol. The molecule has 3 fully saturated rings. The third kappa shape index (κ3) is 17.4. The molecule has 3 amide bonds. The molecule has 0 aliphatic heterocycles. The molecule has 0 saturated heterocycles. The van der Waals surface area contributed by atoms with E-state index in [2.05, 4.69) is 63.2 Å². The van der Waals surface area contributed by atoms with Crippen LogP contribution in [0, 0.1) is 52.3 Å². The molecule has 4 aliphatic carbocycles. The lowest BCUT2D eigenvalue weighted by Gasteiger charge is -2.58. The number of rotatable bonds is 22. The summed E-state index contributed by atoms with van der Waals surface area (Å²) in [6, 6.07) is 0. The molecule has 0 aromatic rings. The second kappa shape index (κ2) is 24.9. The average Bonchev–Trinajstić information content (AvgIpc) is 3.57. The Balaban J connectivity index is 1.34. The van der Waals surface area contributed by atoms with Crippen molar-refractivity contribution in [1.29, 1.82) is 0 Å². The first kappa shape index (κ1) is 57.6. The number of hydrogen-bond acceptors (Lipinski definition) is 9. The Morgan fingerprint density at radius 1 is 0.721 bits per heavy atom. The van der Waals surface area contributed by atoms with Crippen molar-refractivity contribution in [3.63, 3.8) is 0 Å². The summed E-state index contributed by atoms with van der Waals surface area (Å²) in [4.78, 5) is 55.4. The zero-order valence-electron chi connectivity index (χ0n) is 45.9. The van der Waals surface area contributed by atoms with Crippen LogP contribution in [0.5, 0.6) is 0 Å². The molecule has 12 nitrogen and oxygen atoms in total. The van der Waals surface area contributed by atoms with Gasteiger partial charge in [0.1, 0.15) is 22.9 Å². The first-order valence-electron chi connectivity index (χ1n) is 27.2. The number of nitrogens with one attached hydrogen (secondary N) is 2. The van der Waals surface area contributed by atoms with Crippen LogP contribution < -0.4 is 10.6 Å². The van der Waals surface area contributed by atoms with Gasteiger partial charge in [0.15, 0.2) is 0 Å². The summed E-state index contributed by atoms with van der Waals surface area (Å²) in [6.07, 6.45) is 17.2. The molecule has 0 spiro atoms. The van der Waals surface area contributed by atoms with Gasteiger partial charge >= 0.3 is 24.2 Å². The van der Waals surface area contributed by atoms with E-state index < -0.39 is 35.1 Å². The molecule has 2 N–H and O–H groups in total. The number of unbranched alkanes of at least 4 members (excludes halogenated alkanes) is 1. The number of amides is 3. The molecule has 12 heteroatoms. The number of esters is 1. The van der Waals surface area contributed by atoms with Crippen molar-refractivity contribution in [3.8, 4) is 0 Å². The Morgan fingerprint density at radius 3 is 1.88 bits per heavy atom. The van der Waals surface area contributed by atoms with Crippen LogP contribution in [0.2, 0.25) is 0 Å². The first-order valence-corrected chi connectivity index (χ1v) is 27.2. The van der Waals surface area contributed by atoms with E-state index in [1.54, 1.807) is 4.90 Å². The summed E-state index contributed by atoms with van der Waals surface area (Å²) < 4.78 is 22.9. The number of carbonyl (C=O) groups excluding carboxylic acids is 4.